The molecule has 1 N–H and O–H groups in total. The first kappa shape index (κ1) is 13.3. The minimum atomic E-state index is 0.201. The highest BCUT2D eigenvalue weighted by atomic mass is 16.5. The van der Waals surface area contributed by atoms with Gasteiger partial charge >= 0.3 is 0 Å². The van der Waals surface area contributed by atoms with Crippen LogP contribution in [0.25, 0.3) is 0 Å². The predicted octanol–water partition coefficient (Wildman–Crippen LogP) is 3.54. The van der Waals surface area contributed by atoms with Crippen LogP contribution in [0.15, 0.2) is 42.5 Å². The van der Waals surface area contributed by atoms with E-state index in [0.717, 1.165) is 17.7 Å². The molecule has 2 rings (SSSR count). The van der Waals surface area contributed by atoms with Gasteiger partial charge in [0.1, 0.15) is 23.9 Å². The Morgan fingerprint density at radius 1 is 1.11 bits per heavy atom. The molecule has 0 aliphatic heterocycles. The maximum Gasteiger partial charge on any atom is 0.125 e. The van der Waals surface area contributed by atoms with Crippen molar-refractivity contribution in [2.45, 2.75) is 20.0 Å². The van der Waals surface area contributed by atoms with E-state index in [4.69, 9.17) is 9.47 Å². The van der Waals surface area contributed by atoms with Crippen molar-refractivity contribution < 1.29 is 14.6 Å². The molecule has 0 unspecified atom stereocenters. The number of hydrogen-bond acceptors (Lipinski definition) is 3. The molecule has 0 spiro atoms. The van der Waals surface area contributed by atoms with Crippen molar-refractivity contribution in [3.63, 3.8) is 0 Å². The van der Waals surface area contributed by atoms with Crippen LogP contribution < -0.4 is 9.47 Å². The summed E-state index contributed by atoms with van der Waals surface area (Å²) in [4.78, 5) is 0. The van der Waals surface area contributed by atoms with Crippen LogP contribution in [0.4, 0.5) is 0 Å². The van der Waals surface area contributed by atoms with Crippen LogP contribution in [-0.2, 0) is 13.0 Å². The number of benzene rings is 2. The Balaban J connectivity index is 2.14. The molecule has 3 nitrogen and oxygen atoms in total. The number of phenols is 1. The Morgan fingerprint density at radius 2 is 1.95 bits per heavy atom. The highest BCUT2D eigenvalue weighted by Crippen LogP contribution is 2.24. The van der Waals surface area contributed by atoms with Gasteiger partial charge in [-0.15, -0.1) is 0 Å². The van der Waals surface area contributed by atoms with Crippen molar-refractivity contribution in [3.8, 4) is 17.2 Å². The molecule has 0 heterocycles. The van der Waals surface area contributed by atoms with Crippen LogP contribution in [0.5, 0.6) is 17.2 Å². The molecule has 0 radical (unpaired) electrons. The summed E-state index contributed by atoms with van der Waals surface area (Å²) in [6.45, 7) is 2.53. The van der Waals surface area contributed by atoms with Crippen molar-refractivity contribution >= 4 is 0 Å². The van der Waals surface area contributed by atoms with E-state index in [1.165, 1.54) is 5.56 Å². The summed E-state index contributed by atoms with van der Waals surface area (Å²) in [5, 5.41) is 9.39. The topological polar surface area (TPSA) is 38.7 Å². The van der Waals surface area contributed by atoms with Gasteiger partial charge in [0, 0.05) is 11.6 Å². The highest BCUT2D eigenvalue weighted by Gasteiger charge is 2.05. The monoisotopic (exact) mass is 258 g/mol. The highest BCUT2D eigenvalue weighted by molar-refractivity contribution is 5.38. The molecular formula is C16H18O3. The summed E-state index contributed by atoms with van der Waals surface area (Å²) < 4.78 is 11.0. The number of ether oxygens (including phenoxy) is 2. The standard InChI is InChI=1S/C16H18O3/c1-3-12-7-8-16(18-2)13(9-12)11-19-15-6-4-5-14(17)10-15/h4-10,17H,3,11H2,1-2H3. The molecule has 0 bridgehead atoms. The van der Waals surface area contributed by atoms with Crippen molar-refractivity contribution in [2.75, 3.05) is 7.11 Å². The Kier molecular flexibility index (Phi) is 4.29. The van der Waals surface area contributed by atoms with Crippen LogP contribution in [0.3, 0.4) is 0 Å². The molecular weight excluding hydrogens is 240 g/mol. The van der Waals surface area contributed by atoms with Crippen molar-refractivity contribution in [1.29, 1.82) is 0 Å². The molecule has 0 aromatic heterocycles. The van der Waals surface area contributed by atoms with E-state index in [0.29, 0.717) is 12.4 Å². The fraction of sp³-hybridized carbons (Fsp3) is 0.250. The first-order valence-electron chi connectivity index (χ1n) is 6.30. The zero-order valence-corrected chi connectivity index (χ0v) is 11.2. The lowest BCUT2D eigenvalue weighted by Gasteiger charge is -2.12. The Hall–Kier alpha value is -2.16. The molecule has 0 aliphatic rings. The van der Waals surface area contributed by atoms with Gasteiger partial charge < -0.3 is 14.6 Å². The molecule has 0 saturated heterocycles. The number of aryl methyl sites for hydroxylation is 1. The predicted molar refractivity (Wildman–Crippen MR) is 74.8 cm³/mol. The van der Waals surface area contributed by atoms with Gasteiger partial charge in [-0.3, -0.25) is 0 Å². The maximum atomic E-state index is 9.39. The van der Waals surface area contributed by atoms with Crippen LogP contribution in [0, 0.1) is 0 Å². The third kappa shape index (κ3) is 3.41. The Labute approximate surface area is 113 Å². The van der Waals surface area contributed by atoms with Crippen LogP contribution in [0.2, 0.25) is 0 Å². The summed E-state index contributed by atoms with van der Waals surface area (Å²) >= 11 is 0. The maximum absolute atomic E-state index is 9.39. The summed E-state index contributed by atoms with van der Waals surface area (Å²) in [5.41, 5.74) is 2.25. The first-order valence-corrected chi connectivity index (χ1v) is 6.30. The van der Waals surface area contributed by atoms with Gasteiger partial charge in [-0.2, -0.15) is 0 Å². The summed E-state index contributed by atoms with van der Waals surface area (Å²) in [5.74, 6) is 1.66. The number of aromatic hydroxyl groups is 1. The SMILES string of the molecule is CCc1ccc(OC)c(COc2cccc(O)c2)c1. The smallest absolute Gasteiger partial charge is 0.125 e. The van der Waals surface area contributed by atoms with Gasteiger partial charge in [-0.05, 0) is 36.2 Å². The molecule has 2 aromatic carbocycles. The second kappa shape index (κ2) is 6.14. The normalized spacial score (nSPS) is 10.2. The average molecular weight is 258 g/mol. The Morgan fingerprint density at radius 3 is 2.63 bits per heavy atom. The lowest BCUT2D eigenvalue weighted by molar-refractivity contribution is 0.295. The van der Waals surface area contributed by atoms with Crippen molar-refractivity contribution in [3.05, 3.63) is 53.6 Å². The van der Waals surface area contributed by atoms with E-state index in [1.54, 1.807) is 25.3 Å². The minimum absolute atomic E-state index is 0.201. The lowest BCUT2D eigenvalue weighted by atomic mass is 10.1. The van der Waals surface area contributed by atoms with Gasteiger partial charge in [-0.1, -0.05) is 19.1 Å². The van der Waals surface area contributed by atoms with E-state index in [1.807, 2.05) is 12.1 Å². The van der Waals surface area contributed by atoms with Gasteiger partial charge in [0.15, 0.2) is 0 Å². The number of methoxy groups -OCH3 is 1. The third-order valence-electron chi connectivity index (χ3n) is 2.97. The molecule has 0 aliphatic carbocycles. The summed E-state index contributed by atoms with van der Waals surface area (Å²) in [7, 11) is 1.65. The van der Waals surface area contributed by atoms with Crippen LogP contribution in [-0.4, -0.2) is 12.2 Å². The quantitative estimate of drug-likeness (QED) is 0.891. The van der Waals surface area contributed by atoms with Gasteiger partial charge in [0.2, 0.25) is 0 Å². The second-order valence-electron chi connectivity index (χ2n) is 4.29. The summed E-state index contributed by atoms with van der Waals surface area (Å²) in [6.07, 6.45) is 0.975. The zero-order chi connectivity index (χ0) is 13.7. The molecule has 100 valence electrons. The minimum Gasteiger partial charge on any atom is -0.508 e. The zero-order valence-electron chi connectivity index (χ0n) is 11.2. The third-order valence-corrected chi connectivity index (χ3v) is 2.97. The molecule has 0 atom stereocenters. The van der Waals surface area contributed by atoms with E-state index in [9.17, 15) is 5.11 Å². The Bertz CT molecular complexity index is 549. The van der Waals surface area contributed by atoms with Crippen molar-refractivity contribution in [1.82, 2.24) is 0 Å². The molecule has 19 heavy (non-hydrogen) atoms. The summed E-state index contributed by atoms with van der Waals surface area (Å²) in [6, 6.07) is 12.9. The molecule has 0 saturated carbocycles. The van der Waals surface area contributed by atoms with E-state index in [2.05, 4.69) is 19.1 Å². The lowest BCUT2D eigenvalue weighted by Crippen LogP contribution is -1.99. The van der Waals surface area contributed by atoms with E-state index >= 15 is 0 Å². The molecule has 2 aromatic rings. The van der Waals surface area contributed by atoms with Crippen LogP contribution in [0.1, 0.15) is 18.1 Å². The van der Waals surface area contributed by atoms with Crippen molar-refractivity contribution in [2.24, 2.45) is 0 Å². The fourth-order valence-electron chi connectivity index (χ4n) is 1.90. The van der Waals surface area contributed by atoms with Gasteiger partial charge in [-0.25, -0.2) is 0 Å². The molecule has 0 fully saturated rings. The first-order chi connectivity index (χ1) is 9.22. The molecule has 3 heteroatoms. The average Bonchev–Trinajstić information content (AvgIpc) is 2.45. The van der Waals surface area contributed by atoms with Crippen LogP contribution >= 0.6 is 0 Å². The number of rotatable bonds is 5. The van der Waals surface area contributed by atoms with Gasteiger partial charge in [0.25, 0.3) is 0 Å². The largest absolute Gasteiger partial charge is 0.508 e. The second-order valence-corrected chi connectivity index (χ2v) is 4.29. The number of hydrogen-bond donors (Lipinski definition) is 1. The van der Waals surface area contributed by atoms with Gasteiger partial charge in [0.05, 0.1) is 7.11 Å². The van der Waals surface area contributed by atoms with E-state index < -0.39 is 0 Å². The fourth-order valence-corrected chi connectivity index (χ4v) is 1.90. The number of phenolic OH excluding ortho intramolecular Hbond substituents is 1. The van der Waals surface area contributed by atoms with E-state index in [-0.39, 0.29) is 5.75 Å². The molecule has 0 amide bonds.